The van der Waals surface area contributed by atoms with Crippen molar-refractivity contribution in [2.75, 3.05) is 6.54 Å². The Kier molecular flexibility index (Phi) is 3.57. The highest BCUT2D eigenvalue weighted by molar-refractivity contribution is 5.82. The number of nitrogens with two attached hydrogens (primary N) is 1. The molecule has 0 spiro atoms. The summed E-state index contributed by atoms with van der Waals surface area (Å²) in [7, 11) is 0. The lowest BCUT2D eigenvalue weighted by atomic mass is 9.86. The fraction of sp³-hybridized carbons (Fsp3) is 0.462. The Bertz CT molecular complexity index is 344. The zero-order chi connectivity index (χ0) is 11.4. The molecule has 0 radical (unpaired) electrons. The normalized spacial score (nSPS) is 22.6. The van der Waals surface area contributed by atoms with Gasteiger partial charge in [-0.3, -0.25) is 4.79 Å². The van der Waals surface area contributed by atoms with Crippen molar-refractivity contribution in [3.8, 4) is 0 Å². The van der Waals surface area contributed by atoms with Gasteiger partial charge in [-0.2, -0.15) is 0 Å². The van der Waals surface area contributed by atoms with Crippen molar-refractivity contribution in [1.29, 1.82) is 0 Å². The quantitative estimate of drug-likeness (QED) is 0.805. The molecule has 2 atom stereocenters. The summed E-state index contributed by atoms with van der Waals surface area (Å²) in [6.07, 6.45) is 3.40. The van der Waals surface area contributed by atoms with E-state index in [1.165, 1.54) is 12.8 Å². The molecular formula is C13H18N2O. The zero-order valence-electron chi connectivity index (χ0n) is 9.36. The fourth-order valence-corrected chi connectivity index (χ4v) is 2.42. The van der Waals surface area contributed by atoms with Gasteiger partial charge in [0.1, 0.15) is 0 Å². The number of amides is 1. The number of rotatable bonds is 3. The van der Waals surface area contributed by atoms with E-state index in [4.69, 9.17) is 5.73 Å². The van der Waals surface area contributed by atoms with Gasteiger partial charge in [0.25, 0.3) is 0 Å². The lowest BCUT2D eigenvalue weighted by molar-refractivity contribution is -0.120. The second-order valence-corrected chi connectivity index (χ2v) is 4.35. The van der Waals surface area contributed by atoms with E-state index in [1.807, 2.05) is 30.3 Å². The van der Waals surface area contributed by atoms with Crippen molar-refractivity contribution in [2.45, 2.75) is 31.2 Å². The van der Waals surface area contributed by atoms with Crippen molar-refractivity contribution < 1.29 is 4.79 Å². The number of carbonyl (C=O) groups excluding carboxylic acids is 1. The first-order valence-corrected chi connectivity index (χ1v) is 5.86. The predicted molar refractivity (Wildman–Crippen MR) is 64.0 cm³/mol. The van der Waals surface area contributed by atoms with Crippen LogP contribution in [0.1, 0.15) is 30.7 Å². The largest absolute Gasteiger partial charge is 0.369 e. The summed E-state index contributed by atoms with van der Waals surface area (Å²) in [4.78, 5) is 11.6. The van der Waals surface area contributed by atoms with Gasteiger partial charge in [0, 0.05) is 6.04 Å². The van der Waals surface area contributed by atoms with Crippen LogP contribution < -0.4 is 11.1 Å². The van der Waals surface area contributed by atoms with Crippen LogP contribution in [0, 0.1) is 0 Å². The summed E-state index contributed by atoms with van der Waals surface area (Å²) in [6.45, 7) is 0.987. The fourth-order valence-electron chi connectivity index (χ4n) is 2.42. The third-order valence-corrected chi connectivity index (χ3v) is 3.22. The van der Waals surface area contributed by atoms with Gasteiger partial charge in [0.15, 0.2) is 0 Å². The molecule has 1 aliphatic heterocycles. The van der Waals surface area contributed by atoms with E-state index >= 15 is 0 Å². The summed E-state index contributed by atoms with van der Waals surface area (Å²) >= 11 is 0. The van der Waals surface area contributed by atoms with Crippen molar-refractivity contribution in [3.63, 3.8) is 0 Å². The van der Waals surface area contributed by atoms with Gasteiger partial charge < -0.3 is 11.1 Å². The average molecular weight is 218 g/mol. The van der Waals surface area contributed by atoms with Gasteiger partial charge in [-0.1, -0.05) is 36.8 Å². The van der Waals surface area contributed by atoms with Crippen molar-refractivity contribution in [1.82, 2.24) is 5.32 Å². The molecule has 1 fully saturated rings. The van der Waals surface area contributed by atoms with E-state index in [-0.39, 0.29) is 17.9 Å². The number of piperidine rings is 1. The lowest BCUT2D eigenvalue weighted by Gasteiger charge is -2.29. The molecule has 1 amide bonds. The van der Waals surface area contributed by atoms with Crippen molar-refractivity contribution in [2.24, 2.45) is 5.73 Å². The first-order valence-electron chi connectivity index (χ1n) is 5.86. The third kappa shape index (κ3) is 2.42. The first kappa shape index (κ1) is 11.1. The predicted octanol–water partition coefficient (Wildman–Crippen LogP) is 1.40. The van der Waals surface area contributed by atoms with Crippen LogP contribution >= 0.6 is 0 Å². The molecular weight excluding hydrogens is 200 g/mol. The Morgan fingerprint density at radius 2 is 2.06 bits per heavy atom. The van der Waals surface area contributed by atoms with Gasteiger partial charge in [-0.15, -0.1) is 0 Å². The smallest absolute Gasteiger partial charge is 0.226 e. The molecule has 16 heavy (non-hydrogen) atoms. The molecule has 1 heterocycles. The minimum absolute atomic E-state index is 0.193. The highest BCUT2D eigenvalue weighted by Gasteiger charge is 2.28. The van der Waals surface area contributed by atoms with Gasteiger partial charge in [-0.25, -0.2) is 0 Å². The summed E-state index contributed by atoms with van der Waals surface area (Å²) in [6, 6.07) is 10.0. The van der Waals surface area contributed by atoms with Gasteiger partial charge >= 0.3 is 0 Å². The Labute approximate surface area is 96.0 Å². The van der Waals surface area contributed by atoms with Crippen LogP contribution in [0.3, 0.4) is 0 Å². The number of hydrogen-bond acceptors (Lipinski definition) is 2. The molecule has 0 saturated carbocycles. The van der Waals surface area contributed by atoms with Gasteiger partial charge in [0.05, 0.1) is 5.92 Å². The van der Waals surface area contributed by atoms with Crippen LogP contribution in [0.25, 0.3) is 0 Å². The summed E-state index contributed by atoms with van der Waals surface area (Å²) in [5.74, 6) is -0.424. The molecule has 3 heteroatoms. The molecule has 1 aliphatic rings. The van der Waals surface area contributed by atoms with Crippen LogP contribution in [-0.2, 0) is 4.79 Å². The second-order valence-electron chi connectivity index (χ2n) is 4.35. The molecule has 3 nitrogen and oxygen atoms in total. The molecule has 1 aromatic rings. The lowest BCUT2D eigenvalue weighted by Crippen LogP contribution is -2.43. The van der Waals surface area contributed by atoms with Crippen LogP contribution in [0.4, 0.5) is 0 Å². The second kappa shape index (κ2) is 5.12. The van der Waals surface area contributed by atoms with E-state index in [0.29, 0.717) is 0 Å². The first-order chi connectivity index (χ1) is 7.79. The molecule has 3 N–H and O–H groups in total. The third-order valence-electron chi connectivity index (χ3n) is 3.22. The molecule has 0 aromatic heterocycles. The van der Waals surface area contributed by atoms with E-state index in [0.717, 1.165) is 18.5 Å². The number of carbonyl (C=O) groups is 1. The van der Waals surface area contributed by atoms with E-state index in [9.17, 15) is 4.79 Å². The SMILES string of the molecule is NC(=O)[C@@H](c1ccccc1)[C@H]1CCCCN1. The van der Waals surface area contributed by atoms with Crippen LogP contribution in [0.15, 0.2) is 30.3 Å². The maximum absolute atomic E-state index is 11.6. The van der Waals surface area contributed by atoms with E-state index < -0.39 is 0 Å². The summed E-state index contributed by atoms with van der Waals surface area (Å²) in [5.41, 5.74) is 6.54. The highest BCUT2D eigenvalue weighted by Crippen LogP contribution is 2.24. The summed E-state index contributed by atoms with van der Waals surface area (Å²) in [5, 5.41) is 3.40. The number of nitrogens with one attached hydrogen (secondary N) is 1. The highest BCUT2D eigenvalue weighted by atomic mass is 16.1. The van der Waals surface area contributed by atoms with Crippen LogP contribution in [-0.4, -0.2) is 18.5 Å². The van der Waals surface area contributed by atoms with Gasteiger partial charge in [-0.05, 0) is 24.9 Å². The van der Waals surface area contributed by atoms with E-state index in [1.54, 1.807) is 0 Å². The molecule has 0 aliphatic carbocycles. The number of hydrogen-bond donors (Lipinski definition) is 2. The maximum Gasteiger partial charge on any atom is 0.226 e. The molecule has 1 saturated heterocycles. The Morgan fingerprint density at radius 3 is 2.62 bits per heavy atom. The minimum atomic E-state index is -0.231. The number of primary amides is 1. The molecule has 0 unspecified atom stereocenters. The maximum atomic E-state index is 11.6. The van der Waals surface area contributed by atoms with Crippen molar-refractivity contribution >= 4 is 5.91 Å². The summed E-state index contributed by atoms with van der Waals surface area (Å²) < 4.78 is 0. The zero-order valence-corrected chi connectivity index (χ0v) is 9.36. The minimum Gasteiger partial charge on any atom is -0.369 e. The Morgan fingerprint density at radius 1 is 1.31 bits per heavy atom. The molecule has 1 aromatic carbocycles. The Hall–Kier alpha value is -1.35. The molecule has 0 bridgehead atoms. The molecule has 2 rings (SSSR count). The topological polar surface area (TPSA) is 55.1 Å². The molecule has 86 valence electrons. The standard InChI is InChI=1S/C13H18N2O/c14-13(16)12(10-6-2-1-3-7-10)11-8-4-5-9-15-11/h1-3,6-7,11-12,15H,4-5,8-9H2,(H2,14,16)/t11-,12+/m1/s1. The monoisotopic (exact) mass is 218 g/mol. The average Bonchev–Trinajstić information content (AvgIpc) is 2.31. The van der Waals surface area contributed by atoms with Crippen molar-refractivity contribution in [3.05, 3.63) is 35.9 Å². The number of benzene rings is 1. The van der Waals surface area contributed by atoms with E-state index in [2.05, 4.69) is 5.32 Å². The van der Waals surface area contributed by atoms with Crippen LogP contribution in [0.2, 0.25) is 0 Å². The van der Waals surface area contributed by atoms with Crippen LogP contribution in [0.5, 0.6) is 0 Å². The Balaban J connectivity index is 2.20. The van der Waals surface area contributed by atoms with Gasteiger partial charge in [0.2, 0.25) is 5.91 Å².